The van der Waals surface area contributed by atoms with Crippen LogP contribution in [0.4, 0.5) is 5.82 Å². The molecule has 1 aromatic heterocycles. The number of hydrogen-bond acceptors (Lipinski definition) is 3. The van der Waals surface area contributed by atoms with E-state index in [4.69, 9.17) is 4.98 Å². The Kier molecular flexibility index (Phi) is 5.41. The molecule has 3 nitrogen and oxygen atoms in total. The molecule has 3 heteroatoms. The number of rotatable bonds is 4. The molecule has 1 unspecified atom stereocenters. The molecule has 1 atom stereocenters. The van der Waals surface area contributed by atoms with Crippen LogP contribution in [-0.2, 0) is 6.54 Å². The van der Waals surface area contributed by atoms with Crippen molar-refractivity contribution in [3.05, 3.63) is 23.4 Å². The lowest BCUT2D eigenvalue weighted by Crippen LogP contribution is -2.26. The Hall–Kier alpha value is -1.09. The summed E-state index contributed by atoms with van der Waals surface area (Å²) in [4.78, 5) is 7.28. The van der Waals surface area contributed by atoms with Gasteiger partial charge in [-0.25, -0.2) is 4.98 Å². The molecular weight excluding hydrogens is 246 g/mol. The molecule has 0 bridgehead atoms. The van der Waals surface area contributed by atoms with Crippen LogP contribution in [0, 0.1) is 12.8 Å². The highest BCUT2D eigenvalue weighted by molar-refractivity contribution is 5.41. The zero-order valence-electron chi connectivity index (χ0n) is 13.4. The first-order valence-electron chi connectivity index (χ1n) is 8.01. The lowest BCUT2D eigenvalue weighted by Gasteiger charge is -2.22. The molecule has 112 valence electrons. The van der Waals surface area contributed by atoms with Crippen molar-refractivity contribution in [3.63, 3.8) is 0 Å². The number of pyridine rings is 1. The predicted octanol–water partition coefficient (Wildman–Crippen LogP) is 3.51. The molecule has 2 heterocycles. The van der Waals surface area contributed by atoms with Gasteiger partial charge >= 0.3 is 0 Å². The van der Waals surface area contributed by atoms with E-state index in [1.165, 1.54) is 24.8 Å². The Morgan fingerprint density at radius 2 is 2.10 bits per heavy atom. The smallest absolute Gasteiger partial charge is 0.128 e. The fraction of sp³-hybridized carbons (Fsp3) is 0.706. The van der Waals surface area contributed by atoms with E-state index in [9.17, 15) is 0 Å². The summed E-state index contributed by atoms with van der Waals surface area (Å²) in [6.45, 7) is 12.1. The van der Waals surface area contributed by atoms with Gasteiger partial charge in [0.25, 0.3) is 0 Å². The molecule has 0 aromatic carbocycles. The highest BCUT2D eigenvalue weighted by atomic mass is 15.2. The van der Waals surface area contributed by atoms with Crippen LogP contribution in [0.15, 0.2) is 12.1 Å². The van der Waals surface area contributed by atoms with Crippen LogP contribution in [0.3, 0.4) is 0 Å². The van der Waals surface area contributed by atoms with Gasteiger partial charge in [0.2, 0.25) is 0 Å². The largest absolute Gasteiger partial charge is 0.357 e. The summed E-state index contributed by atoms with van der Waals surface area (Å²) >= 11 is 0. The Bertz CT molecular complexity index is 428. The molecule has 1 aliphatic heterocycles. The molecule has 2 rings (SSSR count). The number of hydrogen-bond donors (Lipinski definition) is 1. The van der Waals surface area contributed by atoms with E-state index < -0.39 is 0 Å². The van der Waals surface area contributed by atoms with E-state index >= 15 is 0 Å². The van der Waals surface area contributed by atoms with Crippen molar-refractivity contribution in [1.82, 2.24) is 10.3 Å². The summed E-state index contributed by atoms with van der Waals surface area (Å²) in [5.74, 6) is 2.01. The molecule has 0 aliphatic carbocycles. The Balaban J connectivity index is 2.04. The molecule has 1 saturated heterocycles. The summed E-state index contributed by atoms with van der Waals surface area (Å²) < 4.78 is 0. The first kappa shape index (κ1) is 15.3. The lowest BCUT2D eigenvalue weighted by atomic mass is 10.0. The molecule has 0 amide bonds. The molecule has 0 radical (unpaired) electrons. The average molecular weight is 275 g/mol. The number of aryl methyl sites for hydroxylation is 1. The zero-order chi connectivity index (χ0) is 14.5. The standard InChI is InChI=1S/C17H29N3/c1-13(2)18-12-16-7-8-17(19-15(16)4)20-10-5-6-14(3)9-11-20/h7-8,13-14,18H,5-6,9-12H2,1-4H3. The maximum Gasteiger partial charge on any atom is 0.128 e. The van der Waals surface area contributed by atoms with Crippen LogP contribution in [-0.4, -0.2) is 24.1 Å². The van der Waals surface area contributed by atoms with Gasteiger partial charge in [0.05, 0.1) is 0 Å². The second kappa shape index (κ2) is 7.07. The molecule has 20 heavy (non-hydrogen) atoms. The minimum atomic E-state index is 0.515. The molecular formula is C17H29N3. The van der Waals surface area contributed by atoms with Gasteiger partial charge in [-0.05, 0) is 43.7 Å². The summed E-state index contributed by atoms with van der Waals surface area (Å²) in [6.07, 6.45) is 3.93. The number of nitrogens with one attached hydrogen (secondary N) is 1. The summed E-state index contributed by atoms with van der Waals surface area (Å²) in [5.41, 5.74) is 2.47. The highest BCUT2D eigenvalue weighted by Gasteiger charge is 2.15. The number of aromatic nitrogens is 1. The molecule has 0 spiro atoms. The van der Waals surface area contributed by atoms with Gasteiger partial charge < -0.3 is 10.2 Å². The zero-order valence-corrected chi connectivity index (χ0v) is 13.4. The Morgan fingerprint density at radius 3 is 2.80 bits per heavy atom. The molecule has 1 aromatic rings. The minimum Gasteiger partial charge on any atom is -0.357 e. The van der Waals surface area contributed by atoms with Crippen LogP contribution in [0.5, 0.6) is 0 Å². The summed E-state index contributed by atoms with van der Waals surface area (Å²) in [5, 5.41) is 3.46. The van der Waals surface area contributed by atoms with Crippen LogP contribution >= 0.6 is 0 Å². The van der Waals surface area contributed by atoms with E-state index in [0.717, 1.165) is 37.1 Å². The predicted molar refractivity (Wildman–Crippen MR) is 86.2 cm³/mol. The van der Waals surface area contributed by atoms with Crippen LogP contribution in [0.1, 0.15) is 51.3 Å². The van der Waals surface area contributed by atoms with Crippen molar-refractivity contribution >= 4 is 5.82 Å². The third kappa shape index (κ3) is 4.20. The first-order chi connectivity index (χ1) is 9.56. The minimum absolute atomic E-state index is 0.515. The fourth-order valence-corrected chi connectivity index (χ4v) is 2.75. The summed E-state index contributed by atoms with van der Waals surface area (Å²) in [6, 6.07) is 4.95. The SMILES string of the molecule is Cc1nc(N2CCCC(C)CC2)ccc1CNC(C)C. The van der Waals surface area contributed by atoms with Gasteiger partial charge in [-0.1, -0.05) is 26.8 Å². The van der Waals surface area contributed by atoms with Crippen molar-refractivity contribution in [2.75, 3.05) is 18.0 Å². The van der Waals surface area contributed by atoms with Crippen molar-refractivity contribution < 1.29 is 0 Å². The van der Waals surface area contributed by atoms with Gasteiger partial charge in [0.1, 0.15) is 5.82 Å². The second-order valence-electron chi connectivity index (χ2n) is 6.47. The molecule has 1 N–H and O–H groups in total. The molecule has 1 fully saturated rings. The summed E-state index contributed by atoms with van der Waals surface area (Å²) in [7, 11) is 0. The third-order valence-electron chi connectivity index (χ3n) is 4.22. The Morgan fingerprint density at radius 1 is 1.30 bits per heavy atom. The van der Waals surface area contributed by atoms with E-state index in [0.29, 0.717) is 6.04 Å². The average Bonchev–Trinajstić information content (AvgIpc) is 2.62. The topological polar surface area (TPSA) is 28.2 Å². The van der Waals surface area contributed by atoms with E-state index in [1.54, 1.807) is 0 Å². The number of anilines is 1. The fourth-order valence-electron chi connectivity index (χ4n) is 2.75. The van der Waals surface area contributed by atoms with Gasteiger partial charge in [-0.3, -0.25) is 0 Å². The highest BCUT2D eigenvalue weighted by Crippen LogP contribution is 2.22. The van der Waals surface area contributed by atoms with Gasteiger partial charge in [0.15, 0.2) is 0 Å². The molecule has 0 saturated carbocycles. The number of nitrogens with zero attached hydrogens (tertiary/aromatic N) is 2. The van der Waals surface area contributed by atoms with Gasteiger partial charge in [-0.15, -0.1) is 0 Å². The third-order valence-corrected chi connectivity index (χ3v) is 4.22. The molecule has 1 aliphatic rings. The van der Waals surface area contributed by atoms with E-state index in [-0.39, 0.29) is 0 Å². The monoisotopic (exact) mass is 275 g/mol. The van der Waals surface area contributed by atoms with E-state index in [1.807, 2.05) is 0 Å². The second-order valence-corrected chi connectivity index (χ2v) is 6.47. The van der Waals surface area contributed by atoms with E-state index in [2.05, 4.69) is 50.0 Å². The van der Waals surface area contributed by atoms with Crippen molar-refractivity contribution in [1.29, 1.82) is 0 Å². The van der Waals surface area contributed by atoms with Gasteiger partial charge in [-0.2, -0.15) is 0 Å². The normalized spacial score (nSPS) is 20.2. The van der Waals surface area contributed by atoms with Gasteiger partial charge in [0, 0.05) is 31.4 Å². The first-order valence-corrected chi connectivity index (χ1v) is 8.01. The van der Waals surface area contributed by atoms with Crippen LogP contribution in [0.2, 0.25) is 0 Å². The maximum absolute atomic E-state index is 4.83. The lowest BCUT2D eigenvalue weighted by molar-refractivity contribution is 0.521. The Labute approximate surface area is 123 Å². The van der Waals surface area contributed by atoms with Crippen LogP contribution < -0.4 is 10.2 Å². The van der Waals surface area contributed by atoms with Crippen LogP contribution in [0.25, 0.3) is 0 Å². The van der Waals surface area contributed by atoms with Crippen molar-refractivity contribution in [3.8, 4) is 0 Å². The maximum atomic E-state index is 4.83. The van der Waals surface area contributed by atoms with Crippen molar-refractivity contribution in [2.24, 2.45) is 5.92 Å². The van der Waals surface area contributed by atoms with Crippen molar-refractivity contribution in [2.45, 2.75) is 59.5 Å². The quantitative estimate of drug-likeness (QED) is 0.911.